The maximum atomic E-state index is 14.2. The van der Waals surface area contributed by atoms with Gasteiger partial charge in [0.2, 0.25) is 11.8 Å². The van der Waals surface area contributed by atoms with Gasteiger partial charge in [-0.05, 0) is 110 Å². The lowest BCUT2D eigenvalue weighted by molar-refractivity contribution is -0.136. The number of aromatic nitrogens is 4. The van der Waals surface area contributed by atoms with Gasteiger partial charge in [-0.15, -0.1) is 0 Å². The Hall–Kier alpha value is -6.70. The summed E-state index contributed by atoms with van der Waals surface area (Å²) < 4.78 is 44.7. The van der Waals surface area contributed by atoms with Gasteiger partial charge in [0.05, 0.1) is 18.5 Å². The molecule has 9 heterocycles. The lowest BCUT2D eigenvalue weighted by Gasteiger charge is -2.46. The van der Waals surface area contributed by atoms with Gasteiger partial charge in [-0.1, -0.05) is 13.8 Å². The van der Waals surface area contributed by atoms with Crippen molar-refractivity contribution < 1.29 is 42.2 Å². The predicted molar refractivity (Wildman–Crippen MR) is 273 cm³/mol. The summed E-state index contributed by atoms with van der Waals surface area (Å²) in [5.74, 6) is -0.914. The van der Waals surface area contributed by atoms with Crippen LogP contribution in [0.1, 0.15) is 93.8 Å². The van der Waals surface area contributed by atoms with Gasteiger partial charge >= 0.3 is 7.82 Å². The molecule has 4 aromatic heterocycles. The molecule has 3 fully saturated rings. The fourth-order valence-corrected chi connectivity index (χ4v) is 12.2. The van der Waals surface area contributed by atoms with E-state index in [-0.39, 0.29) is 76.2 Å². The molecule has 6 aliphatic rings. The van der Waals surface area contributed by atoms with E-state index < -0.39 is 38.9 Å². The number of aryl methyl sites for hydroxylation is 1. The summed E-state index contributed by atoms with van der Waals surface area (Å²) in [4.78, 5) is 105. The van der Waals surface area contributed by atoms with Gasteiger partial charge in [0.1, 0.15) is 29.1 Å². The van der Waals surface area contributed by atoms with Crippen LogP contribution >= 0.6 is 7.82 Å². The molecule has 11 rings (SSSR count). The van der Waals surface area contributed by atoms with Crippen LogP contribution in [0.15, 0.2) is 71.9 Å². The number of phosphoric acid groups is 1. The number of carbonyl (C=O) groups is 4. The smallest absolute Gasteiger partial charge is 0.371 e. The number of phosphoric ester groups is 1. The van der Waals surface area contributed by atoms with E-state index in [4.69, 9.17) is 8.64 Å². The monoisotopic (exact) mass is 1020 g/mol. The zero-order valence-electron chi connectivity index (χ0n) is 43.9. The van der Waals surface area contributed by atoms with E-state index in [2.05, 4.69) is 62.1 Å². The maximum absolute atomic E-state index is 14.2. The second-order valence-electron chi connectivity index (χ2n) is 20.9. The molecule has 382 valence electrons. The second-order valence-corrected chi connectivity index (χ2v) is 22.1. The highest BCUT2D eigenvalue weighted by Gasteiger charge is 2.41. The molecule has 0 unspecified atom stereocenters. The quantitative estimate of drug-likeness (QED) is 0.104. The summed E-state index contributed by atoms with van der Waals surface area (Å²) in [6.07, 6.45) is 8.40. The molecule has 1 aliphatic carbocycles. The fraction of sp³-hybridized carbons (Fsp3) is 0.442. The van der Waals surface area contributed by atoms with Crippen LogP contribution in [0, 0.1) is 5.41 Å². The van der Waals surface area contributed by atoms with E-state index >= 15 is 0 Å². The summed E-state index contributed by atoms with van der Waals surface area (Å²) >= 11 is 0. The zero-order valence-corrected chi connectivity index (χ0v) is 41.8. The number of hydrogen-bond donors (Lipinski definition) is 4. The predicted octanol–water partition coefficient (Wildman–Crippen LogP) is 4.72. The SMILES string of the molecule is [2H]C([2H])([2H])n1cc(-c2ccnc(N3CCn4c(cc5c4CC(C)(C)C5)C3=O)c2COP(=O)(O)O)cc(Nc2ccc(N3CCN(C4CCN(c5ccc6c(c5)CN([C@H]5CCC(=O)NC5=O)C6=O)CC4)C[C@@H]3C)cn2)c1=O. The van der Waals surface area contributed by atoms with Crippen molar-refractivity contribution in [3.05, 3.63) is 111 Å². The third-order valence-corrected chi connectivity index (χ3v) is 15.9. The molecule has 73 heavy (non-hydrogen) atoms. The van der Waals surface area contributed by atoms with Gasteiger partial charge < -0.3 is 38.9 Å². The molecule has 0 radical (unpaired) electrons. The standard InChI is InChI=1S/C52H60N11O9P/c1-31-27-59(35-12-15-58(16-13-35)36-5-7-39-33(21-36)29-63(49(39)66)42-8-10-46(64)56-48(42)65)17-18-60(31)37-6-9-45(54-26-37)55-41-22-34(28-57(4)50(41)67)38-11-14-53-47(40(38)30-72-73(69,70)71)62-20-19-61-43(51(62)68)23-32-24-52(2,3)25-44(32)61/h5-7,9,11,14,21-23,26,28,31,35,42H,8,10,12-13,15-20,24-25,27,29-30H2,1-4H3,(H,54,55)(H,56,64,65)(H2,69,70,71)/t31-,42-/m0/s1/i4D3. The number of hydrogen-bond acceptors (Lipinski definition) is 13. The third kappa shape index (κ3) is 9.35. The van der Waals surface area contributed by atoms with Crippen molar-refractivity contribution in [2.45, 2.75) is 97.1 Å². The average molecular weight is 1020 g/mol. The van der Waals surface area contributed by atoms with Crippen LogP contribution in [-0.4, -0.2) is 120 Å². The fourth-order valence-electron chi connectivity index (χ4n) is 11.9. The molecule has 2 atom stereocenters. The molecular formula is C52H60N11O9P. The van der Waals surface area contributed by atoms with E-state index in [1.54, 1.807) is 17.2 Å². The largest absolute Gasteiger partial charge is 0.469 e. The number of fused-ring (bicyclic) bond motifs is 4. The van der Waals surface area contributed by atoms with Gasteiger partial charge in [0, 0.05) is 122 Å². The first-order chi connectivity index (χ1) is 36.1. The highest BCUT2D eigenvalue weighted by atomic mass is 31.2. The van der Waals surface area contributed by atoms with Crippen molar-refractivity contribution in [1.29, 1.82) is 0 Å². The molecule has 5 aliphatic heterocycles. The topological polar surface area (TPSA) is 228 Å². The van der Waals surface area contributed by atoms with Gasteiger partial charge in [0.15, 0.2) is 0 Å². The molecule has 0 spiro atoms. The Morgan fingerprint density at radius 2 is 1.68 bits per heavy atom. The first-order valence-corrected chi connectivity index (χ1v) is 26.4. The lowest BCUT2D eigenvalue weighted by Crippen LogP contribution is -2.57. The van der Waals surface area contributed by atoms with Crippen molar-refractivity contribution >= 4 is 60.1 Å². The number of nitrogens with zero attached hydrogens (tertiary/aromatic N) is 9. The van der Waals surface area contributed by atoms with Crippen molar-refractivity contribution in [2.75, 3.05) is 59.3 Å². The molecule has 21 heteroatoms. The summed E-state index contributed by atoms with van der Waals surface area (Å²) in [5.41, 5.74) is 5.71. The van der Waals surface area contributed by atoms with Crippen LogP contribution in [0.2, 0.25) is 0 Å². The minimum atomic E-state index is -5.06. The van der Waals surface area contributed by atoms with E-state index in [1.807, 2.05) is 28.8 Å². The summed E-state index contributed by atoms with van der Waals surface area (Å²) in [7, 11) is -5.06. The summed E-state index contributed by atoms with van der Waals surface area (Å²) in [6, 6.07) is 14.3. The number of anilines is 5. The minimum Gasteiger partial charge on any atom is -0.371 e. The van der Waals surface area contributed by atoms with Crippen LogP contribution < -0.4 is 30.9 Å². The number of amides is 4. The van der Waals surface area contributed by atoms with Gasteiger partial charge in [-0.3, -0.25) is 43.6 Å². The molecule has 5 aromatic rings. The Morgan fingerprint density at radius 1 is 0.877 bits per heavy atom. The minimum absolute atomic E-state index is 0.0701. The summed E-state index contributed by atoms with van der Waals surface area (Å²) in [5, 5.41) is 5.39. The van der Waals surface area contributed by atoms with Gasteiger partial charge in [-0.25, -0.2) is 14.5 Å². The Bertz CT molecular complexity index is 3300. The van der Waals surface area contributed by atoms with Gasteiger partial charge in [0.25, 0.3) is 17.4 Å². The number of piperidine rings is 2. The number of imide groups is 1. The molecule has 0 saturated carbocycles. The molecule has 0 bridgehead atoms. The van der Waals surface area contributed by atoms with E-state index in [9.17, 15) is 38.3 Å². The second kappa shape index (κ2) is 18.7. The van der Waals surface area contributed by atoms with Crippen molar-refractivity contribution in [3.63, 3.8) is 0 Å². The van der Waals surface area contributed by atoms with E-state index in [0.29, 0.717) is 41.4 Å². The van der Waals surface area contributed by atoms with Gasteiger partial charge in [-0.2, -0.15) is 0 Å². The molecule has 4 N–H and O–H groups in total. The number of rotatable bonds is 11. The normalized spacial score (nSPS) is 22.2. The van der Waals surface area contributed by atoms with E-state index in [0.717, 1.165) is 92.8 Å². The average Bonchev–Trinajstić information content (AvgIpc) is 4.07. The third-order valence-electron chi connectivity index (χ3n) is 15.5. The van der Waals surface area contributed by atoms with E-state index in [1.165, 1.54) is 23.2 Å². The van der Waals surface area contributed by atoms with Crippen molar-refractivity contribution in [2.24, 2.45) is 12.4 Å². The zero-order chi connectivity index (χ0) is 53.6. The van der Waals surface area contributed by atoms with Crippen molar-refractivity contribution in [3.8, 4) is 11.1 Å². The Morgan fingerprint density at radius 3 is 2.42 bits per heavy atom. The van der Waals surface area contributed by atoms with Crippen LogP contribution in [0.4, 0.5) is 28.7 Å². The first kappa shape index (κ1) is 45.0. The van der Waals surface area contributed by atoms with Crippen LogP contribution in [0.5, 0.6) is 0 Å². The molecular weight excluding hydrogens is 954 g/mol. The number of benzene rings is 1. The number of pyridine rings is 3. The van der Waals surface area contributed by atoms with Crippen LogP contribution in [-0.2, 0) is 58.2 Å². The molecule has 4 amide bonds. The number of piperazine rings is 1. The Balaban J connectivity index is 0.765. The molecule has 20 nitrogen and oxygen atoms in total. The molecule has 3 saturated heterocycles. The highest BCUT2D eigenvalue weighted by molar-refractivity contribution is 7.46. The highest BCUT2D eigenvalue weighted by Crippen LogP contribution is 2.43. The van der Waals surface area contributed by atoms with Crippen LogP contribution in [0.25, 0.3) is 11.1 Å². The maximum Gasteiger partial charge on any atom is 0.469 e. The number of carbonyl (C=O) groups excluding carboxylic acids is 4. The van der Waals surface area contributed by atoms with Crippen LogP contribution in [0.3, 0.4) is 0 Å². The molecule has 1 aromatic carbocycles. The number of nitrogens with one attached hydrogen (secondary N) is 2. The van der Waals surface area contributed by atoms with Crippen molar-refractivity contribution in [1.82, 2.24) is 34.2 Å². The first-order valence-electron chi connectivity index (χ1n) is 26.3. The Labute approximate surface area is 426 Å². The lowest BCUT2D eigenvalue weighted by atomic mass is 9.90. The Kier molecular flexibility index (Phi) is 11.5. The summed E-state index contributed by atoms with van der Waals surface area (Å²) in [6.45, 7) is 8.05.